The third kappa shape index (κ3) is 10.4. The molecule has 0 saturated carbocycles. The summed E-state index contributed by atoms with van der Waals surface area (Å²) in [5.74, 6) is -0.642. The van der Waals surface area contributed by atoms with Gasteiger partial charge in [0.2, 0.25) is 0 Å². The number of aromatic nitrogens is 6. The molecular weight excluding hydrogens is 761 g/mol. The second kappa shape index (κ2) is 19.1. The summed E-state index contributed by atoms with van der Waals surface area (Å²) >= 11 is -3.56. The fourth-order valence-electron chi connectivity index (χ4n) is 4.52. The molecule has 2 unspecified atom stereocenters. The van der Waals surface area contributed by atoms with E-state index in [2.05, 4.69) is 39.4 Å². The molecule has 2 aromatic carbocycles. The van der Waals surface area contributed by atoms with Crippen LogP contribution >= 0.6 is 0 Å². The van der Waals surface area contributed by atoms with Gasteiger partial charge in [-0.3, -0.25) is 9.97 Å². The SMILES string of the molecule is [2H]C([2H])([2H])Oc1ccnc(C[S+]([O-])c2nc3cc(OC(F)F)ccc3[n-]2)c1OC.[2H]C([2H])([2H])Oc1ccnc(C[S+]([O-])c2nc3cc(OC(F)F)ccc3[n-]2)c1OC.[Mg+2]. The van der Waals surface area contributed by atoms with Gasteiger partial charge in [0.1, 0.15) is 33.2 Å². The Bertz CT molecular complexity index is 2170. The predicted octanol–water partition coefficient (Wildman–Crippen LogP) is 4.65. The van der Waals surface area contributed by atoms with E-state index in [4.69, 9.17) is 27.2 Å². The zero-order chi connectivity index (χ0) is 42.4. The zero-order valence-corrected chi connectivity index (χ0v) is 30.4. The topological polar surface area (TPSA) is 181 Å². The van der Waals surface area contributed by atoms with Crippen LogP contribution in [0.4, 0.5) is 17.6 Å². The van der Waals surface area contributed by atoms with E-state index < -0.39 is 49.7 Å². The van der Waals surface area contributed by atoms with E-state index in [0.29, 0.717) is 11.0 Å². The first-order valence-electron chi connectivity index (χ1n) is 17.3. The molecule has 4 heterocycles. The Hall–Kier alpha value is -4.41. The van der Waals surface area contributed by atoms with Gasteiger partial charge in [-0.1, -0.05) is 12.1 Å². The number of imidazole rings is 2. The maximum atomic E-state index is 12.7. The van der Waals surface area contributed by atoms with E-state index in [1.807, 2.05) is 0 Å². The fraction of sp³-hybridized carbons (Fsp3) is 0.250. The van der Waals surface area contributed by atoms with E-state index >= 15 is 0 Å². The summed E-state index contributed by atoms with van der Waals surface area (Å²) in [6, 6.07) is 10.6. The Morgan fingerprint density at radius 3 is 1.45 bits per heavy atom. The van der Waals surface area contributed by atoms with E-state index in [1.165, 1.54) is 75.1 Å². The second-order valence-electron chi connectivity index (χ2n) is 9.83. The first-order chi connectivity index (χ1) is 27.3. The number of halogens is 4. The molecule has 6 aromatic rings. The number of nitrogens with zero attached hydrogens (tertiary/aromatic N) is 6. The number of hydrogen-bond acceptors (Lipinski definition) is 12. The van der Waals surface area contributed by atoms with Crippen LogP contribution in [0.1, 0.15) is 19.6 Å². The third-order valence-corrected chi connectivity index (χ3v) is 8.91. The summed E-state index contributed by atoms with van der Waals surface area (Å²) < 4.78 is 147. The Morgan fingerprint density at radius 1 is 0.679 bits per heavy atom. The van der Waals surface area contributed by atoms with E-state index in [-0.39, 0.29) is 102 Å². The molecule has 2 atom stereocenters. The van der Waals surface area contributed by atoms with Crippen molar-refractivity contribution in [2.24, 2.45) is 0 Å². The first-order valence-corrected chi connectivity index (χ1v) is 16.9. The van der Waals surface area contributed by atoms with Gasteiger partial charge in [-0.2, -0.15) is 17.6 Å². The Balaban J connectivity index is 0.000000256. The molecule has 0 aliphatic rings. The molecule has 0 aliphatic heterocycles. The van der Waals surface area contributed by atoms with Crippen molar-refractivity contribution >= 4 is 67.5 Å². The Kier molecular flexibility index (Phi) is 11.9. The summed E-state index contributed by atoms with van der Waals surface area (Å²) in [6.45, 7) is -5.96. The van der Waals surface area contributed by atoms with Crippen LogP contribution in [-0.2, 0) is 33.9 Å². The number of fused-ring (bicyclic) bond motifs is 2. The van der Waals surface area contributed by atoms with Crippen LogP contribution in [-0.4, -0.2) is 93.6 Å². The van der Waals surface area contributed by atoms with Crippen molar-refractivity contribution in [3.05, 3.63) is 72.3 Å². The maximum absolute atomic E-state index is 12.7. The standard InChI is InChI=1S/2C16H14F2N3O4S.Mg/c2*1-23-13-5-6-19-12(14(13)24-2)8-26(22)16-20-10-4-3-9(25-15(17)18)7-11(10)21-16;/h2*3-7,15H,8H2,1-2H3;/q2*-1;+2/i2*1D3;. The molecule has 6 rings (SSSR count). The number of ether oxygens (including phenoxy) is 6. The summed E-state index contributed by atoms with van der Waals surface area (Å²) in [6.07, 6.45) is 2.60. The van der Waals surface area contributed by atoms with Gasteiger partial charge < -0.3 is 57.5 Å². The van der Waals surface area contributed by atoms with Crippen molar-refractivity contribution in [3.63, 3.8) is 0 Å². The molecule has 0 saturated heterocycles. The minimum Gasteiger partial charge on any atom is -0.612 e. The van der Waals surface area contributed by atoms with E-state index in [0.717, 1.165) is 0 Å². The summed E-state index contributed by atoms with van der Waals surface area (Å²) in [5, 5.41) is -0.0830. The quantitative estimate of drug-likeness (QED) is 0.0845. The molecule has 0 amide bonds. The van der Waals surface area contributed by atoms with Gasteiger partial charge in [-0.05, 0) is 68.7 Å². The van der Waals surface area contributed by atoms with Gasteiger partial charge in [-0.15, -0.1) is 0 Å². The van der Waals surface area contributed by atoms with Crippen LogP contribution in [0, 0.1) is 0 Å². The molecule has 4 aromatic heterocycles. The third-order valence-electron chi connectivity index (χ3n) is 6.66. The van der Waals surface area contributed by atoms with Crippen LogP contribution < -0.4 is 38.4 Å². The van der Waals surface area contributed by atoms with Crippen LogP contribution in [0.25, 0.3) is 22.1 Å². The molecule has 53 heavy (non-hydrogen) atoms. The number of rotatable bonds is 14. The summed E-state index contributed by atoms with van der Waals surface area (Å²) in [4.78, 5) is 24.6. The molecule has 276 valence electrons. The molecule has 0 bridgehead atoms. The molecule has 0 fully saturated rings. The van der Waals surface area contributed by atoms with Crippen LogP contribution in [0.15, 0.2) is 71.2 Å². The Morgan fingerprint density at radius 2 is 1.09 bits per heavy atom. The normalized spacial score (nSPS) is 14.3. The predicted molar refractivity (Wildman–Crippen MR) is 184 cm³/mol. The largest absolute Gasteiger partial charge is 2.00 e. The van der Waals surface area contributed by atoms with Crippen LogP contribution in [0.5, 0.6) is 34.5 Å². The summed E-state index contributed by atoms with van der Waals surface area (Å²) in [5.41, 5.74) is 1.56. The van der Waals surface area contributed by atoms with Crippen LogP contribution in [0.3, 0.4) is 0 Å². The minimum absolute atomic E-state index is 0. The molecule has 0 aliphatic carbocycles. The van der Waals surface area contributed by atoms with E-state index in [9.17, 15) is 26.7 Å². The van der Waals surface area contributed by atoms with Gasteiger partial charge >= 0.3 is 36.3 Å². The average Bonchev–Trinajstić information content (AvgIpc) is 3.75. The molecular formula is C32H28F4MgN6O8S2. The number of hydrogen-bond donors (Lipinski definition) is 0. The van der Waals surface area contributed by atoms with Crippen LogP contribution in [0.2, 0.25) is 0 Å². The molecule has 14 nitrogen and oxygen atoms in total. The van der Waals surface area contributed by atoms with Crippen molar-refractivity contribution in [2.45, 2.75) is 35.0 Å². The molecule has 0 N–H and O–H groups in total. The average molecular weight is 795 g/mol. The Labute approximate surface area is 329 Å². The number of pyridine rings is 2. The van der Waals surface area contributed by atoms with E-state index in [1.54, 1.807) is 0 Å². The van der Waals surface area contributed by atoms with Crippen molar-refractivity contribution in [1.29, 1.82) is 0 Å². The van der Waals surface area contributed by atoms with Crippen molar-refractivity contribution in [1.82, 2.24) is 29.9 Å². The first kappa shape index (κ1) is 33.2. The van der Waals surface area contributed by atoms with Gasteiger partial charge in [-0.25, -0.2) is 0 Å². The molecule has 0 spiro atoms. The van der Waals surface area contributed by atoms with Gasteiger partial charge in [0.05, 0.1) is 36.5 Å². The zero-order valence-electron chi connectivity index (χ0n) is 33.3. The van der Waals surface area contributed by atoms with Gasteiger partial charge in [0.15, 0.2) is 34.5 Å². The minimum atomic E-state index is -2.98. The number of alkyl halides is 4. The van der Waals surface area contributed by atoms with Gasteiger partial charge in [0.25, 0.3) is 0 Å². The number of methoxy groups -OCH3 is 4. The van der Waals surface area contributed by atoms with Crippen molar-refractivity contribution < 1.29 is 63.3 Å². The maximum Gasteiger partial charge on any atom is 2.00 e. The monoisotopic (exact) mass is 794 g/mol. The smallest absolute Gasteiger partial charge is 0.612 e. The van der Waals surface area contributed by atoms with Crippen molar-refractivity contribution in [3.8, 4) is 34.5 Å². The van der Waals surface area contributed by atoms with Crippen molar-refractivity contribution in [2.75, 3.05) is 28.3 Å². The fourth-order valence-corrected chi connectivity index (χ4v) is 6.48. The molecule has 21 heteroatoms. The van der Waals surface area contributed by atoms with Gasteiger partial charge in [0, 0.05) is 24.5 Å². The molecule has 0 radical (unpaired) electrons. The summed E-state index contributed by atoms with van der Waals surface area (Å²) in [7, 11) is -2.80. The number of benzene rings is 2. The second-order valence-corrected chi connectivity index (χ2v) is 12.5.